The highest BCUT2D eigenvalue weighted by atomic mass is 35.5. The van der Waals surface area contributed by atoms with Crippen molar-refractivity contribution in [3.8, 4) is 0 Å². The van der Waals surface area contributed by atoms with Gasteiger partial charge in [0.05, 0.1) is 11.1 Å². The van der Waals surface area contributed by atoms with E-state index in [4.69, 9.17) is 16.7 Å². The molecule has 0 aliphatic rings. The van der Waals surface area contributed by atoms with Crippen LogP contribution in [0.15, 0.2) is 12.1 Å². The van der Waals surface area contributed by atoms with Gasteiger partial charge in [-0.15, -0.1) is 0 Å². The molecule has 0 saturated heterocycles. The van der Waals surface area contributed by atoms with Gasteiger partial charge in [0.1, 0.15) is 0 Å². The topological polar surface area (TPSA) is 37.3 Å². The summed E-state index contributed by atoms with van der Waals surface area (Å²) in [6, 6.07) is 1.70. The van der Waals surface area contributed by atoms with E-state index < -0.39 is 23.3 Å². The van der Waals surface area contributed by atoms with E-state index in [9.17, 15) is 18.0 Å². The first-order valence-corrected chi connectivity index (χ1v) is 4.22. The average Bonchev–Trinajstić information content (AvgIpc) is 2.06. The summed E-state index contributed by atoms with van der Waals surface area (Å²) in [5.41, 5.74) is -2.06. The highest BCUT2D eigenvalue weighted by molar-refractivity contribution is 6.31. The maximum absolute atomic E-state index is 12.4. The van der Waals surface area contributed by atoms with Gasteiger partial charge in [0.15, 0.2) is 0 Å². The molecule has 0 aliphatic heterocycles. The number of halogens is 4. The zero-order chi connectivity index (χ0) is 11.8. The van der Waals surface area contributed by atoms with E-state index in [1.165, 1.54) is 6.92 Å². The quantitative estimate of drug-likeness (QED) is 0.815. The van der Waals surface area contributed by atoms with E-state index in [0.717, 1.165) is 6.07 Å². The first-order valence-electron chi connectivity index (χ1n) is 3.84. The molecule has 0 saturated carbocycles. The standard InChI is InChI=1S/C9H6ClF3O2/c1-4-6(10)3-2-5(9(11,12)13)7(4)8(14)15/h2-3H,1H3,(H,14,15). The predicted molar refractivity (Wildman–Crippen MR) is 48.2 cm³/mol. The Hall–Kier alpha value is -1.23. The van der Waals surface area contributed by atoms with Gasteiger partial charge in [-0.1, -0.05) is 11.6 Å². The number of aromatic carboxylic acids is 1. The molecule has 0 aromatic heterocycles. The van der Waals surface area contributed by atoms with E-state index in [1.807, 2.05) is 0 Å². The molecule has 0 radical (unpaired) electrons. The number of benzene rings is 1. The Morgan fingerprint density at radius 1 is 1.40 bits per heavy atom. The highest BCUT2D eigenvalue weighted by Crippen LogP contribution is 2.35. The van der Waals surface area contributed by atoms with Gasteiger partial charge in [0.25, 0.3) is 0 Å². The van der Waals surface area contributed by atoms with E-state index >= 15 is 0 Å². The third-order valence-electron chi connectivity index (χ3n) is 1.92. The van der Waals surface area contributed by atoms with Crippen LogP contribution in [0.2, 0.25) is 5.02 Å². The number of alkyl halides is 3. The number of rotatable bonds is 1. The SMILES string of the molecule is Cc1c(Cl)ccc(C(F)(F)F)c1C(=O)O. The monoisotopic (exact) mass is 238 g/mol. The first-order chi connectivity index (χ1) is 6.75. The number of hydrogen-bond donors (Lipinski definition) is 1. The summed E-state index contributed by atoms with van der Waals surface area (Å²) in [5, 5.41) is 8.68. The molecule has 0 bridgehead atoms. The zero-order valence-electron chi connectivity index (χ0n) is 7.52. The Kier molecular flexibility index (Phi) is 2.95. The van der Waals surface area contributed by atoms with Gasteiger partial charge in [-0.3, -0.25) is 0 Å². The lowest BCUT2D eigenvalue weighted by atomic mass is 10.0. The Morgan fingerprint density at radius 2 is 1.93 bits per heavy atom. The molecular weight excluding hydrogens is 233 g/mol. The van der Waals surface area contributed by atoms with Crippen LogP contribution in [-0.2, 0) is 6.18 Å². The van der Waals surface area contributed by atoms with E-state index in [-0.39, 0.29) is 10.6 Å². The van der Waals surface area contributed by atoms with Gasteiger partial charge >= 0.3 is 12.1 Å². The van der Waals surface area contributed by atoms with Crippen molar-refractivity contribution in [1.82, 2.24) is 0 Å². The first kappa shape index (κ1) is 11.8. The maximum atomic E-state index is 12.4. The van der Waals surface area contributed by atoms with Crippen molar-refractivity contribution in [2.75, 3.05) is 0 Å². The summed E-state index contributed by atoms with van der Waals surface area (Å²) in [7, 11) is 0. The maximum Gasteiger partial charge on any atom is 0.417 e. The molecule has 0 spiro atoms. The number of carboxylic acid groups (broad SMARTS) is 1. The summed E-state index contributed by atoms with van der Waals surface area (Å²) in [6.07, 6.45) is -4.69. The van der Waals surface area contributed by atoms with Crippen LogP contribution in [0.4, 0.5) is 13.2 Å². The molecule has 82 valence electrons. The van der Waals surface area contributed by atoms with Gasteiger partial charge < -0.3 is 5.11 Å². The van der Waals surface area contributed by atoms with Crippen LogP contribution in [0.25, 0.3) is 0 Å². The number of carbonyl (C=O) groups is 1. The van der Waals surface area contributed by atoms with Gasteiger partial charge in [-0.2, -0.15) is 13.2 Å². The third kappa shape index (κ3) is 2.23. The second kappa shape index (κ2) is 3.73. The second-order valence-electron chi connectivity index (χ2n) is 2.90. The Labute approximate surface area is 88.3 Å². The third-order valence-corrected chi connectivity index (χ3v) is 2.33. The van der Waals surface area contributed by atoms with E-state index in [0.29, 0.717) is 6.07 Å². The van der Waals surface area contributed by atoms with Gasteiger partial charge in [0, 0.05) is 5.02 Å². The summed E-state index contributed by atoms with van der Waals surface area (Å²) >= 11 is 5.55. The summed E-state index contributed by atoms with van der Waals surface area (Å²) in [4.78, 5) is 10.7. The second-order valence-corrected chi connectivity index (χ2v) is 3.31. The minimum Gasteiger partial charge on any atom is -0.478 e. The molecule has 1 aromatic rings. The van der Waals surface area contributed by atoms with Gasteiger partial charge in [-0.25, -0.2) is 4.79 Å². The van der Waals surface area contributed by atoms with Crippen molar-refractivity contribution < 1.29 is 23.1 Å². The minimum atomic E-state index is -4.69. The molecule has 0 fully saturated rings. The summed E-state index contributed by atoms with van der Waals surface area (Å²) < 4.78 is 37.2. The minimum absolute atomic E-state index is 0.000370. The molecule has 15 heavy (non-hydrogen) atoms. The van der Waals surface area contributed by atoms with Crippen LogP contribution in [0.5, 0.6) is 0 Å². The number of hydrogen-bond acceptors (Lipinski definition) is 1. The van der Waals surface area contributed by atoms with Gasteiger partial charge in [-0.05, 0) is 24.6 Å². The zero-order valence-corrected chi connectivity index (χ0v) is 8.28. The fourth-order valence-electron chi connectivity index (χ4n) is 1.20. The van der Waals surface area contributed by atoms with Crippen LogP contribution in [0.3, 0.4) is 0 Å². The molecular formula is C9H6ClF3O2. The molecule has 2 nitrogen and oxygen atoms in total. The van der Waals surface area contributed by atoms with Crippen molar-refractivity contribution in [3.05, 3.63) is 33.8 Å². The van der Waals surface area contributed by atoms with Crippen molar-refractivity contribution in [1.29, 1.82) is 0 Å². The van der Waals surface area contributed by atoms with Crippen molar-refractivity contribution in [3.63, 3.8) is 0 Å². The van der Waals surface area contributed by atoms with Crippen LogP contribution in [0.1, 0.15) is 21.5 Å². The van der Waals surface area contributed by atoms with E-state index in [2.05, 4.69) is 0 Å². The molecule has 0 heterocycles. The molecule has 0 atom stereocenters. The average molecular weight is 239 g/mol. The Balaban J connectivity index is 3.55. The van der Waals surface area contributed by atoms with Crippen LogP contribution in [0, 0.1) is 6.92 Å². The number of carboxylic acids is 1. The Morgan fingerprint density at radius 3 is 2.33 bits per heavy atom. The van der Waals surface area contributed by atoms with E-state index in [1.54, 1.807) is 0 Å². The molecule has 0 amide bonds. The molecule has 6 heteroatoms. The highest BCUT2D eigenvalue weighted by Gasteiger charge is 2.36. The van der Waals surface area contributed by atoms with Crippen LogP contribution >= 0.6 is 11.6 Å². The molecule has 0 unspecified atom stereocenters. The van der Waals surface area contributed by atoms with Crippen molar-refractivity contribution >= 4 is 17.6 Å². The predicted octanol–water partition coefficient (Wildman–Crippen LogP) is 3.37. The van der Waals surface area contributed by atoms with Crippen molar-refractivity contribution in [2.24, 2.45) is 0 Å². The molecule has 1 rings (SSSR count). The van der Waals surface area contributed by atoms with Gasteiger partial charge in [0.2, 0.25) is 0 Å². The molecule has 0 aliphatic carbocycles. The fourth-order valence-corrected chi connectivity index (χ4v) is 1.36. The Bertz CT molecular complexity index is 413. The summed E-state index contributed by atoms with van der Waals surface area (Å²) in [5.74, 6) is -1.64. The van der Waals surface area contributed by atoms with Crippen LogP contribution < -0.4 is 0 Å². The lowest BCUT2D eigenvalue weighted by Gasteiger charge is -2.12. The lowest BCUT2D eigenvalue weighted by molar-refractivity contribution is -0.138. The lowest BCUT2D eigenvalue weighted by Crippen LogP contribution is -2.14. The largest absolute Gasteiger partial charge is 0.478 e. The molecule has 1 aromatic carbocycles. The van der Waals surface area contributed by atoms with Crippen LogP contribution in [-0.4, -0.2) is 11.1 Å². The smallest absolute Gasteiger partial charge is 0.417 e. The normalized spacial score (nSPS) is 11.5. The van der Waals surface area contributed by atoms with Crippen molar-refractivity contribution in [2.45, 2.75) is 13.1 Å². The summed E-state index contributed by atoms with van der Waals surface area (Å²) in [6.45, 7) is 1.24. The fraction of sp³-hybridized carbons (Fsp3) is 0.222. The molecule has 1 N–H and O–H groups in total.